The summed E-state index contributed by atoms with van der Waals surface area (Å²) in [5.74, 6) is -1.28. The van der Waals surface area contributed by atoms with Gasteiger partial charge in [0.05, 0.1) is 0 Å². The third kappa shape index (κ3) is 2.53. The van der Waals surface area contributed by atoms with E-state index < -0.39 is 21.2 Å². The Kier molecular flexibility index (Phi) is 3.93. The smallest absolute Gasteiger partial charge is 0.323 e. The third-order valence-corrected chi connectivity index (χ3v) is 6.08. The largest absolute Gasteiger partial charge is 0.480 e. The van der Waals surface area contributed by atoms with E-state index in [1.807, 2.05) is 0 Å². The van der Waals surface area contributed by atoms with Crippen molar-refractivity contribution >= 4 is 16.0 Å². The molecule has 1 N–H and O–H groups in total. The monoisotopic (exact) mass is 276 g/mol. The molecule has 0 aromatic carbocycles. The summed E-state index contributed by atoms with van der Waals surface area (Å²) in [5.41, 5.74) is 0. The van der Waals surface area contributed by atoms with Gasteiger partial charge >= 0.3 is 5.97 Å². The summed E-state index contributed by atoms with van der Waals surface area (Å²) in [5, 5.41) is 7.49. The first-order chi connectivity index (χ1) is 8.43. The Bertz CT molecular complexity index is 417. The minimum atomic E-state index is -3.69. The highest BCUT2D eigenvalue weighted by Crippen LogP contribution is 2.23. The van der Waals surface area contributed by atoms with Gasteiger partial charge in [-0.2, -0.15) is 4.31 Å². The average molecular weight is 276 g/mol. The van der Waals surface area contributed by atoms with Crippen LogP contribution >= 0.6 is 0 Å². The summed E-state index contributed by atoms with van der Waals surface area (Å²) in [6.07, 6.45) is 3.16. The molecule has 2 rings (SSSR count). The minimum Gasteiger partial charge on any atom is -0.480 e. The molecular weight excluding hydrogens is 256 g/mol. The maximum atomic E-state index is 12.1. The van der Waals surface area contributed by atoms with Gasteiger partial charge in [-0.05, 0) is 39.3 Å². The first kappa shape index (κ1) is 13.8. The number of hydrogen-bond acceptors (Lipinski definition) is 4. The predicted octanol–water partition coefficient (Wildman–Crippen LogP) is -0.0406. The van der Waals surface area contributed by atoms with Crippen LogP contribution < -0.4 is 0 Å². The van der Waals surface area contributed by atoms with Crippen molar-refractivity contribution in [2.24, 2.45) is 0 Å². The molecule has 0 spiro atoms. The molecule has 0 aliphatic carbocycles. The molecule has 0 saturated carbocycles. The fraction of sp³-hybridized carbons (Fsp3) is 0.909. The van der Waals surface area contributed by atoms with Crippen molar-refractivity contribution in [3.63, 3.8) is 0 Å². The van der Waals surface area contributed by atoms with Gasteiger partial charge in [-0.3, -0.25) is 9.69 Å². The number of carboxylic acid groups (broad SMARTS) is 1. The Morgan fingerprint density at radius 1 is 1.28 bits per heavy atom. The van der Waals surface area contributed by atoms with Gasteiger partial charge in [-0.15, -0.1) is 0 Å². The summed E-state index contributed by atoms with van der Waals surface area (Å²) < 4.78 is 25.5. The van der Waals surface area contributed by atoms with Gasteiger partial charge in [0.25, 0.3) is 0 Å². The Morgan fingerprint density at radius 3 is 2.44 bits per heavy atom. The second-order valence-electron chi connectivity index (χ2n) is 5.07. The van der Waals surface area contributed by atoms with Crippen molar-refractivity contribution in [1.82, 2.24) is 9.21 Å². The normalized spacial score (nSPS) is 28.6. The van der Waals surface area contributed by atoms with Crippen LogP contribution in [0.5, 0.6) is 0 Å². The zero-order valence-corrected chi connectivity index (χ0v) is 11.4. The molecule has 2 aliphatic rings. The zero-order chi connectivity index (χ0) is 13.3. The van der Waals surface area contributed by atoms with E-state index in [4.69, 9.17) is 5.11 Å². The van der Waals surface area contributed by atoms with Crippen LogP contribution in [-0.4, -0.2) is 66.2 Å². The summed E-state index contributed by atoms with van der Waals surface area (Å²) >= 11 is 0. The highest BCUT2D eigenvalue weighted by atomic mass is 32.2. The number of likely N-dealkylation sites (tertiary alicyclic amines) is 1. The van der Waals surface area contributed by atoms with E-state index in [1.165, 1.54) is 24.1 Å². The molecule has 6 nitrogen and oxygen atoms in total. The van der Waals surface area contributed by atoms with Crippen LogP contribution in [-0.2, 0) is 14.8 Å². The number of rotatable bonds is 4. The molecule has 2 aliphatic heterocycles. The number of carboxylic acids is 1. The van der Waals surface area contributed by atoms with Gasteiger partial charge in [0.2, 0.25) is 10.0 Å². The lowest BCUT2D eigenvalue weighted by atomic mass is 10.2. The van der Waals surface area contributed by atoms with E-state index >= 15 is 0 Å². The van der Waals surface area contributed by atoms with Crippen LogP contribution in [0.3, 0.4) is 0 Å². The second kappa shape index (κ2) is 5.14. The summed E-state index contributed by atoms with van der Waals surface area (Å²) in [6, 6.07) is 0.267. The molecule has 2 unspecified atom stereocenters. The molecule has 0 bridgehead atoms. The first-order valence-electron chi connectivity index (χ1n) is 6.38. The van der Waals surface area contributed by atoms with Crippen molar-refractivity contribution in [2.45, 2.75) is 37.5 Å². The Labute approximate surface area is 108 Å². The van der Waals surface area contributed by atoms with Crippen LogP contribution in [0.2, 0.25) is 0 Å². The van der Waals surface area contributed by atoms with Crippen molar-refractivity contribution < 1.29 is 18.3 Å². The minimum absolute atomic E-state index is 0.267. The zero-order valence-electron chi connectivity index (χ0n) is 10.6. The van der Waals surface area contributed by atoms with Crippen LogP contribution in [0.25, 0.3) is 0 Å². The molecule has 2 atom stereocenters. The second-order valence-corrected chi connectivity index (χ2v) is 7.32. The molecule has 2 heterocycles. The topological polar surface area (TPSA) is 77.9 Å². The molecule has 0 aromatic rings. The molecular formula is C11H20N2O4S. The molecule has 104 valence electrons. The van der Waals surface area contributed by atoms with Gasteiger partial charge in [-0.1, -0.05) is 0 Å². The van der Waals surface area contributed by atoms with E-state index in [2.05, 4.69) is 4.90 Å². The molecule has 0 aromatic heterocycles. The summed E-state index contributed by atoms with van der Waals surface area (Å²) in [4.78, 5) is 13.1. The lowest BCUT2D eigenvalue weighted by molar-refractivity contribution is -0.136. The summed E-state index contributed by atoms with van der Waals surface area (Å²) in [7, 11) is -3.69. The Morgan fingerprint density at radius 2 is 1.89 bits per heavy atom. The lowest BCUT2D eigenvalue weighted by Crippen LogP contribution is -2.42. The van der Waals surface area contributed by atoms with Crippen LogP contribution in [0.15, 0.2) is 0 Å². The number of nitrogens with zero attached hydrogens (tertiary/aromatic N) is 2. The van der Waals surface area contributed by atoms with Crippen LogP contribution in [0, 0.1) is 0 Å². The fourth-order valence-electron chi connectivity index (χ4n) is 2.70. The number of carbonyl (C=O) groups is 1. The van der Waals surface area contributed by atoms with E-state index in [1.54, 1.807) is 0 Å². The quantitative estimate of drug-likeness (QED) is 0.779. The first-order valence-corrected chi connectivity index (χ1v) is 7.89. The van der Waals surface area contributed by atoms with Crippen molar-refractivity contribution in [3.8, 4) is 0 Å². The van der Waals surface area contributed by atoms with E-state index in [9.17, 15) is 13.2 Å². The Hall–Kier alpha value is -0.660. The Balaban J connectivity index is 2.01. The predicted molar refractivity (Wildman–Crippen MR) is 66.8 cm³/mol. The van der Waals surface area contributed by atoms with Gasteiger partial charge in [0.15, 0.2) is 5.25 Å². The van der Waals surface area contributed by atoms with E-state index in [0.717, 1.165) is 19.5 Å². The summed E-state index contributed by atoms with van der Waals surface area (Å²) in [6.45, 7) is 4.20. The lowest BCUT2D eigenvalue weighted by Gasteiger charge is -2.24. The highest BCUT2D eigenvalue weighted by Gasteiger charge is 2.39. The van der Waals surface area contributed by atoms with Crippen molar-refractivity contribution in [1.29, 1.82) is 0 Å². The maximum Gasteiger partial charge on any atom is 0.323 e. The van der Waals surface area contributed by atoms with Crippen LogP contribution in [0.4, 0.5) is 0 Å². The van der Waals surface area contributed by atoms with Gasteiger partial charge < -0.3 is 5.11 Å². The molecule has 2 fully saturated rings. The SMILES string of the molecule is CC(C(=O)O)S(=O)(=O)N1CCC(N2CCCC2)C1. The van der Waals surface area contributed by atoms with E-state index in [0.29, 0.717) is 13.1 Å². The van der Waals surface area contributed by atoms with Crippen LogP contribution in [0.1, 0.15) is 26.2 Å². The molecule has 18 heavy (non-hydrogen) atoms. The molecule has 2 saturated heterocycles. The number of aliphatic carboxylic acids is 1. The van der Waals surface area contributed by atoms with Gasteiger partial charge in [0, 0.05) is 19.1 Å². The standard InChI is InChI=1S/C11H20N2O4S/c1-9(11(14)15)18(16,17)13-7-4-10(8-13)12-5-2-3-6-12/h9-10H,2-8H2,1H3,(H,14,15). The number of sulfonamides is 1. The fourth-order valence-corrected chi connectivity index (χ4v) is 4.14. The van der Waals surface area contributed by atoms with Gasteiger partial charge in [0.1, 0.15) is 0 Å². The van der Waals surface area contributed by atoms with Crippen molar-refractivity contribution in [3.05, 3.63) is 0 Å². The van der Waals surface area contributed by atoms with E-state index in [-0.39, 0.29) is 6.04 Å². The maximum absolute atomic E-state index is 12.1. The third-order valence-electron chi connectivity index (χ3n) is 3.94. The van der Waals surface area contributed by atoms with Gasteiger partial charge in [-0.25, -0.2) is 8.42 Å². The van der Waals surface area contributed by atoms with Crippen molar-refractivity contribution in [2.75, 3.05) is 26.2 Å². The number of hydrogen-bond donors (Lipinski definition) is 1. The average Bonchev–Trinajstić information content (AvgIpc) is 2.97. The molecule has 0 amide bonds. The molecule has 7 heteroatoms. The highest BCUT2D eigenvalue weighted by molar-refractivity contribution is 7.90. The molecule has 0 radical (unpaired) electrons.